The molecule has 0 aliphatic heterocycles. The first kappa shape index (κ1) is 13.3. The van der Waals surface area contributed by atoms with Crippen LogP contribution < -0.4 is 9.47 Å². The van der Waals surface area contributed by atoms with Crippen molar-refractivity contribution in [3.63, 3.8) is 0 Å². The molecule has 0 radical (unpaired) electrons. The summed E-state index contributed by atoms with van der Waals surface area (Å²) >= 11 is 0. The molecule has 5 nitrogen and oxygen atoms in total. The third kappa shape index (κ3) is 2.23. The van der Waals surface area contributed by atoms with Crippen LogP contribution in [0, 0.1) is 6.92 Å². The maximum Gasteiger partial charge on any atom is 0.374 e. The van der Waals surface area contributed by atoms with E-state index < -0.39 is 5.97 Å². The Hall–Kier alpha value is -2.17. The summed E-state index contributed by atoms with van der Waals surface area (Å²) in [7, 11) is 3.11. The molecule has 0 N–H and O–H groups in total. The highest BCUT2D eigenvalue weighted by molar-refractivity contribution is 5.96. The number of carbonyl (C=O) groups excluding carboxylic acids is 1. The lowest BCUT2D eigenvalue weighted by Gasteiger charge is -2.06. The van der Waals surface area contributed by atoms with E-state index in [2.05, 4.69) is 0 Å². The first-order valence-electron chi connectivity index (χ1n) is 5.94. The van der Waals surface area contributed by atoms with Crippen LogP contribution in [-0.4, -0.2) is 26.8 Å². The van der Waals surface area contributed by atoms with Crippen molar-refractivity contribution in [2.75, 3.05) is 20.8 Å². The highest BCUT2D eigenvalue weighted by Gasteiger charge is 2.20. The Morgan fingerprint density at radius 1 is 1.21 bits per heavy atom. The molecular formula is C14H16O5. The third-order valence-electron chi connectivity index (χ3n) is 2.90. The molecule has 102 valence electrons. The van der Waals surface area contributed by atoms with E-state index in [1.54, 1.807) is 33.3 Å². The fourth-order valence-corrected chi connectivity index (χ4v) is 1.94. The summed E-state index contributed by atoms with van der Waals surface area (Å²) in [5.41, 5.74) is 1.30. The lowest BCUT2D eigenvalue weighted by Crippen LogP contribution is -2.04. The number of esters is 1. The van der Waals surface area contributed by atoms with Crippen molar-refractivity contribution in [3.8, 4) is 11.5 Å². The van der Waals surface area contributed by atoms with Crippen molar-refractivity contribution in [3.05, 3.63) is 23.5 Å². The van der Waals surface area contributed by atoms with E-state index >= 15 is 0 Å². The molecule has 0 unspecified atom stereocenters. The van der Waals surface area contributed by atoms with Gasteiger partial charge in [0.1, 0.15) is 5.58 Å². The summed E-state index contributed by atoms with van der Waals surface area (Å²) in [4.78, 5) is 11.8. The lowest BCUT2D eigenvalue weighted by molar-refractivity contribution is 0.0491. The molecule has 0 bridgehead atoms. The van der Waals surface area contributed by atoms with Crippen molar-refractivity contribution >= 4 is 16.9 Å². The van der Waals surface area contributed by atoms with Crippen LogP contribution in [0.2, 0.25) is 0 Å². The second kappa shape index (κ2) is 5.22. The average Bonchev–Trinajstić information content (AvgIpc) is 2.74. The van der Waals surface area contributed by atoms with E-state index in [0.717, 1.165) is 10.9 Å². The number of benzene rings is 1. The van der Waals surface area contributed by atoms with E-state index in [0.29, 0.717) is 23.7 Å². The SMILES string of the molecule is CCOC(=O)c1oc2cc(OC)c(OC)cc2c1C. The number of methoxy groups -OCH3 is 2. The molecule has 19 heavy (non-hydrogen) atoms. The van der Waals surface area contributed by atoms with Gasteiger partial charge in [-0.1, -0.05) is 0 Å². The average molecular weight is 264 g/mol. The molecule has 0 spiro atoms. The van der Waals surface area contributed by atoms with Crippen molar-refractivity contribution in [2.24, 2.45) is 0 Å². The second-order valence-electron chi connectivity index (χ2n) is 3.98. The second-order valence-corrected chi connectivity index (χ2v) is 3.98. The molecule has 5 heteroatoms. The number of hydrogen-bond donors (Lipinski definition) is 0. The van der Waals surface area contributed by atoms with E-state index in [4.69, 9.17) is 18.6 Å². The zero-order valence-electron chi connectivity index (χ0n) is 11.4. The molecule has 1 heterocycles. The molecule has 0 aliphatic rings. The van der Waals surface area contributed by atoms with Crippen LogP contribution >= 0.6 is 0 Å². The number of ether oxygens (including phenoxy) is 3. The molecule has 1 aromatic heterocycles. The number of carbonyl (C=O) groups is 1. The van der Waals surface area contributed by atoms with Gasteiger partial charge in [0.2, 0.25) is 5.76 Å². The quantitative estimate of drug-likeness (QED) is 0.795. The standard InChI is InChI=1S/C14H16O5/c1-5-18-14(15)13-8(2)9-6-11(16-3)12(17-4)7-10(9)19-13/h6-7H,5H2,1-4H3. The van der Waals surface area contributed by atoms with Crippen LogP contribution in [0.3, 0.4) is 0 Å². The summed E-state index contributed by atoms with van der Waals surface area (Å²) < 4.78 is 20.9. The van der Waals surface area contributed by atoms with Gasteiger partial charge >= 0.3 is 5.97 Å². The number of fused-ring (bicyclic) bond motifs is 1. The number of aryl methyl sites for hydroxylation is 1. The van der Waals surface area contributed by atoms with Gasteiger partial charge in [0.05, 0.1) is 20.8 Å². The largest absolute Gasteiger partial charge is 0.493 e. The lowest BCUT2D eigenvalue weighted by atomic mass is 10.1. The molecule has 0 atom stereocenters. The van der Waals surface area contributed by atoms with Crippen molar-refractivity contribution < 1.29 is 23.4 Å². The van der Waals surface area contributed by atoms with Gasteiger partial charge in [-0.05, 0) is 19.9 Å². The van der Waals surface area contributed by atoms with Gasteiger partial charge in [0, 0.05) is 17.0 Å². The fourth-order valence-electron chi connectivity index (χ4n) is 1.94. The monoisotopic (exact) mass is 264 g/mol. The predicted octanol–water partition coefficient (Wildman–Crippen LogP) is 2.94. The van der Waals surface area contributed by atoms with Crippen molar-refractivity contribution in [1.82, 2.24) is 0 Å². The Bertz CT molecular complexity index is 612. The van der Waals surface area contributed by atoms with Gasteiger partial charge in [-0.3, -0.25) is 0 Å². The van der Waals surface area contributed by atoms with E-state index in [1.165, 1.54) is 0 Å². The zero-order valence-corrected chi connectivity index (χ0v) is 11.4. The van der Waals surface area contributed by atoms with Gasteiger partial charge in [-0.25, -0.2) is 4.79 Å². The van der Waals surface area contributed by atoms with Crippen LogP contribution in [0.25, 0.3) is 11.0 Å². The van der Waals surface area contributed by atoms with Gasteiger partial charge in [0.15, 0.2) is 11.5 Å². The van der Waals surface area contributed by atoms with Gasteiger partial charge < -0.3 is 18.6 Å². The van der Waals surface area contributed by atoms with E-state index in [9.17, 15) is 4.79 Å². The van der Waals surface area contributed by atoms with Crippen molar-refractivity contribution in [1.29, 1.82) is 0 Å². The van der Waals surface area contributed by atoms with Crippen LogP contribution in [0.15, 0.2) is 16.5 Å². The summed E-state index contributed by atoms with van der Waals surface area (Å²) in [6, 6.07) is 3.49. The highest BCUT2D eigenvalue weighted by Crippen LogP contribution is 2.36. The first-order chi connectivity index (χ1) is 9.12. The molecule has 0 amide bonds. The Labute approximate surface area is 111 Å². The van der Waals surface area contributed by atoms with Gasteiger partial charge in [-0.15, -0.1) is 0 Å². The van der Waals surface area contributed by atoms with E-state index in [1.807, 2.05) is 6.92 Å². The maximum atomic E-state index is 11.8. The molecule has 0 saturated heterocycles. The minimum absolute atomic E-state index is 0.215. The third-order valence-corrected chi connectivity index (χ3v) is 2.90. The molecule has 2 aromatic rings. The summed E-state index contributed by atoms with van der Waals surface area (Å²) in [6.07, 6.45) is 0. The van der Waals surface area contributed by atoms with Crippen LogP contribution in [0.4, 0.5) is 0 Å². The highest BCUT2D eigenvalue weighted by atomic mass is 16.5. The fraction of sp³-hybridized carbons (Fsp3) is 0.357. The molecule has 0 saturated carbocycles. The maximum absolute atomic E-state index is 11.8. The predicted molar refractivity (Wildman–Crippen MR) is 70.0 cm³/mol. The number of hydrogen-bond acceptors (Lipinski definition) is 5. The Morgan fingerprint density at radius 3 is 2.42 bits per heavy atom. The van der Waals surface area contributed by atoms with Gasteiger partial charge in [-0.2, -0.15) is 0 Å². The molecular weight excluding hydrogens is 248 g/mol. The van der Waals surface area contributed by atoms with Crippen LogP contribution in [0.1, 0.15) is 23.0 Å². The molecule has 0 aliphatic carbocycles. The Morgan fingerprint density at radius 2 is 1.84 bits per heavy atom. The minimum Gasteiger partial charge on any atom is -0.493 e. The number of rotatable bonds is 4. The summed E-state index contributed by atoms with van der Waals surface area (Å²) in [6.45, 7) is 3.87. The first-order valence-corrected chi connectivity index (χ1v) is 5.94. The summed E-state index contributed by atoms with van der Waals surface area (Å²) in [5, 5.41) is 0.806. The molecule has 2 rings (SSSR count). The topological polar surface area (TPSA) is 57.9 Å². The normalized spacial score (nSPS) is 10.5. The van der Waals surface area contributed by atoms with Crippen LogP contribution in [-0.2, 0) is 4.74 Å². The minimum atomic E-state index is -0.464. The van der Waals surface area contributed by atoms with Crippen molar-refractivity contribution in [2.45, 2.75) is 13.8 Å². The molecule has 1 aromatic carbocycles. The summed E-state index contributed by atoms with van der Waals surface area (Å²) in [5.74, 6) is 0.898. The van der Waals surface area contributed by atoms with E-state index in [-0.39, 0.29) is 5.76 Å². The zero-order chi connectivity index (χ0) is 14.0. The molecule has 0 fully saturated rings. The van der Waals surface area contributed by atoms with Crippen LogP contribution in [0.5, 0.6) is 11.5 Å². The Balaban J connectivity index is 2.60. The smallest absolute Gasteiger partial charge is 0.374 e. The number of furan rings is 1. The van der Waals surface area contributed by atoms with Gasteiger partial charge in [0.25, 0.3) is 0 Å². The Kier molecular flexibility index (Phi) is 3.64.